The van der Waals surface area contributed by atoms with E-state index >= 15 is 0 Å². The summed E-state index contributed by atoms with van der Waals surface area (Å²) >= 11 is 1.25. The zero-order valence-electron chi connectivity index (χ0n) is 16.3. The van der Waals surface area contributed by atoms with Crippen molar-refractivity contribution in [1.82, 2.24) is 14.6 Å². The summed E-state index contributed by atoms with van der Waals surface area (Å²) in [6, 6.07) is 10.6. The van der Waals surface area contributed by atoms with Crippen LogP contribution in [0.4, 0.5) is 0 Å². The first kappa shape index (κ1) is 21.0. The molecule has 1 N–H and O–H groups in total. The summed E-state index contributed by atoms with van der Waals surface area (Å²) in [5.74, 6) is 1.40. The third-order valence-electron chi connectivity index (χ3n) is 4.86. The van der Waals surface area contributed by atoms with E-state index in [9.17, 15) is 13.2 Å². The third-order valence-corrected chi connectivity index (χ3v) is 7.68. The fourth-order valence-electron chi connectivity index (χ4n) is 3.26. The van der Waals surface area contributed by atoms with E-state index in [0.29, 0.717) is 42.8 Å². The number of hydrogen-bond acceptors (Lipinski definition) is 7. The van der Waals surface area contributed by atoms with Crippen LogP contribution >= 0.6 is 11.8 Å². The molecule has 0 aliphatic carbocycles. The number of nitrogens with one attached hydrogen (secondary N) is 1. The van der Waals surface area contributed by atoms with Crippen molar-refractivity contribution >= 4 is 27.7 Å². The fourth-order valence-corrected chi connectivity index (χ4v) is 5.40. The number of para-hydroxylation sites is 2. The van der Waals surface area contributed by atoms with Gasteiger partial charge in [0.05, 0.1) is 17.3 Å². The Hall–Kier alpha value is -2.30. The van der Waals surface area contributed by atoms with E-state index in [4.69, 9.17) is 9.47 Å². The normalized spacial score (nSPS) is 18.9. The molecule has 2 aliphatic rings. The quantitative estimate of drug-likeness (QED) is 0.645. The maximum absolute atomic E-state index is 12.5. The minimum atomic E-state index is -3.47. The summed E-state index contributed by atoms with van der Waals surface area (Å²) < 4.78 is 38.0. The number of nitrogens with zero attached hydrogens (tertiary/aromatic N) is 2. The number of benzene rings is 1. The second-order valence-electron chi connectivity index (χ2n) is 7.03. The third kappa shape index (κ3) is 4.88. The molecule has 30 heavy (non-hydrogen) atoms. The molecule has 0 bridgehead atoms. The van der Waals surface area contributed by atoms with E-state index in [1.165, 1.54) is 22.3 Å². The number of rotatable bonds is 7. The molecule has 0 radical (unpaired) electrons. The molecular formula is C20H23N3O5S2. The summed E-state index contributed by atoms with van der Waals surface area (Å²) in [5.41, 5.74) is 0. The van der Waals surface area contributed by atoms with Crippen molar-refractivity contribution < 1.29 is 22.7 Å². The molecule has 10 heteroatoms. The molecule has 8 nitrogen and oxygen atoms in total. The molecule has 1 aromatic heterocycles. The number of sulfonamides is 1. The number of hydrogen-bond donors (Lipinski definition) is 1. The minimum Gasteiger partial charge on any atom is -0.486 e. The van der Waals surface area contributed by atoms with Crippen LogP contribution < -0.4 is 14.8 Å². The Morgan fingerprint density at radius 3 is 2.67 bits per heavy atom. The zero-order valence-corrected chi connectivity index (χ0v) is 18.0. The van der Waals surface area contributed by atoms with Gasteiger partial charge in [-0.05, 0) is 37.1 Å². The van der Waals surface area contributed by atoms with Gasteiger partial charge >= 0.3 is 0 Å². The molecule has 0 spiro atoms. The standard InChI is InChI=1S/C20H23N3O5S2/c24-19(21-11-15-13-27-17-5-1-2-6-18(17)28-15)14-29-20-8-7-16(12-22-20)30(25,26)23-9-3-4-10-23/h1-2,5-8,12,15H,3-4,9-11,13-14H2,(H,21,24). The van der Waals surface area contributed by atoms with E-state index in [1.54, 1.807) is 12.1 Å². The summed E-state index contributed by atoms with van der Waals surface area (Å²) in [4.78, 5) is 16.5. The SMILES string of the molecule is O=C(CSc1ccc(S(=O)(=O)N2CCCC2)cn1)NCC1COc2ccccc2O1. The van der Waals surface area contributed by atoms with E-state index in [0.717, 1.165) is 12.8 Å². The zero-order chi connectivity index (χ0) is 21.0. The Bertz CT molecular complexity index is 992. The first-order valence-corrected chi connectivity index (χ1v) is 12.2. The molecule has 2 aromatic rings. The summed E-state index contributed by atoms with van der Waals surface area (Å²) in [5, 5.41) is 3.43. The Morgan fingerprint density at radius 1 is 1.17 bits per heavy atom. The number of pyridine rings is 1. The monoisotopic (exact) mass is 449 g/mol. The molecule has 1 aromatic carbocycles. The van der Waals surface area contributed by atoms with Gasteiger partial charge in [0.15, 0.2) is 11.5 Å². The van der Waals surface area contributed by atoms with Crippen LogP contribution in [0.1, 0.15) is 12.8 Å². The van der Waals surface area contributed by atoms with Crippen molar-refractivity contribution in [2.45, 2.75) is 28.9 Å². The Labute approximate surface area is 180 Å². The summed E-state index contributed by atoms with van der Waals surface area (Å²) in [7, 11) is -3.47. The molecule has 1 fully saturated rings. The van der Waals surface area contributed by atoms with Crippen molar-refractivity contribution in [1.29, 1.82) is 0 Å². The molecule has 1 amide bonds. The molecule has 1 atom stereocenters. The second-order valence-corrected chi connectivity index (χ2v) is 9.97. The summed E-state index contributed by atoms with van der Waals surface area (Å²) in [6.45, 7) is 1.83. The lowest BCUT2D eigenvalue weighted by atomic mass is 10.2. The topological polar surface area (TPSA) is 97.8 Å². The lowest BCUT2D eigenvalue weighted by molar-refractivity contribution is -0.119. The lowest BCUT2D eigenvalue weighted by Gasteiger charge is -2.26. The van der Waals surface area contributed by atoms with Crippen LogP contribution in [0.2, 0.25) is 0 Å². The van der Waals surface area contributed by atoms with Crippen molar-refractivity contribution in [3.8, 4) is 11.5 Å². The van der Waals surface area contributed by atoms with Gasteiger partial charge in [0.25, 0.3) is 0 Å². The minimum absolute atomic E-state index is 0.155. The van der Waals surface area contributed by atoms with Gasteiger partial charge < -0.3 is 14.8 Å². The van der Waals surface area contributed by atoms with Crippen LogP contribution in [-0.4, -0.2) is 61.7 Å². The highest BCUT2D eigenvalue weighted by molar-refractivity contribution is 7.99. The second kappa shape index (κ2) is 9.23. The molecule has 2 aliphatic heterocycles. The number of carbonyl (C=O) groups is 1. The highest BCUT2D eigenvalue weighted by Gasteiger charge is 2.27. The largest absolute Gasteiger partial charge is 0.486 e. The number of thioether (sulfide) groups is 1. The van der Waals surface area contributed by atoms with Crippen LogP contribution in [-0.2, 0) is 14.8 Å². The van der Waals surface area contributed by atoms with E-state index in [-0.39, 0.29) is 22.7 Å². The van der Waals surface area contributed by atoms with Gasteiger partial charge in [-0.15, -0.1) is 0 Å². The van der Waals surface area contributed by atoms with E-state index in [2.05, 4.69) is 10.3 Å². The maximum Gasteiger partial charge on any atom is 0.244 e. The van der Waals surface area contributed by atoms with Crippen molar-refractivity contribution in [2.24, 2.45) is 0 Å². The molecule has 3 heterocycles. The molecule has 1 saturated heterocycles. The van der Waals surface area contributed by atoms with Crippen LogP contribution in [0.15, 0.2) is 52.5 Å². The van der Waals surface area contributed by atoms with Gasteiger partial charge in [0.2, 0.25) is 15.9 Å². The Balaban J connectivity index is 1.23. The lowest BCUT2D eigenvalue weighted by Crippen LogP contribution is -2.41. The van der Waals surface area contributed by atoms with Gasteiger partial charge in [-0.1, -0.05) is 23.9 Å². The fraction of sp³-hybridized carbons (Fsp3) is 0.400. The first-order valence-electron chi connectivity index (χ1n) is 9.76. The predicted octanol–water partition coefficient (Wildman–Crippen LogP) is 1.91. The molecular weight excluding hydrogens is 426 g/mol. The van der Waals surface area contributed by atoms with E-state index < -0.39 is 10.0 Å². The van der Waals surface area contributed by atoms with Gasteiger partial charge in [0.1, 0.15) is 17.6 Å². The maximum atomic E-state index is 12.5. The van der Waals surface area contributed by atoms with Gasteiger partial charge in [0, 0.05) is 19.3 Å². The number of carbonyl (C=O) groups excluding carboxylic acids is 1. The average Bonchev–Trinajstić information content (AvgIpc) is 3.32. The molecule has 0 saturated carbocycles. The molecule has 160 valence electrons. The smallest absolute Gasteiger partial charge is 0.244 e. The number of ether oxygens (including phenoxy) is 2. The van der Waals surface area contributed by atoms with Crippen LogP contribution in [0.25, 0.3) is 0 Å². The van der Waals surface area contributed by atoms with Crippen molar-refractivity contribution in [2.75, 3.05) is 32.0 Å². The van der Waals surface area contributed by atoms with Crippen LogP contribution in [0.5, 0.6) is 11.5 Å². The van der Waals surface area contributed by atoms with Crippen molar-refractivity contribution in [3.63, 3.8) is 0 Å². The highest BCUT2D eigenvalue weighted by Crippen LogP contribution is 2.30. The predicted molar refractivity (Wildman–Crippen MR) is 112 cm³/mol. The van der Waals surface area contributed by atoms with Gasteiger partial charge in [-0.25, -0.2) is 13.4 Å². The van der Waals surface area contributed by atoms with Gasteiger partial charge in [-0.3, -0.25) is 4.79 Å². The highest BCUT2D eigenvalue weighted by atomic mass is 32.2. The Kier molecular flexibility index (Phi) is 6.45. The number of amides is 1. The number of fused-ring (bicyclic) bond motifs is 1. The van der Waals surface area contributed by atoms with Crippen LogP contribution in [0, 0.1) is 0 Å². The average molecular weight is 450 g/mol. The first-order chi connectivity index (χ1) is 14.5. The molecule has 4 rings (SSSR count). The molecule has 1 unspecified atom stereocenters. The van der Waals surface area contributed by atoms with Gasteiger partial charge in [-0.2, -0.15) is 4.31 Å². The summed E-state index contributed by atoms with van der Waals surface area (Å²) in [6.07, 6.45) is 2.89. The Morgan fingerprint density at radius 2 is 1.93 bits per heavy atom. The van der Waals surface area contributed by atoms with Crippen molar-refractivity contribution in [3.05, 3.63) is 42.6 Å². The van der Waals surface area contributed by atoms with E-state index in [1.807, 2.05) is 24.3 Å². The number of aromatic nitrogens is 1. The van der Waals surface area contributed by atoms with Crippen LogP contribution in [0.3, 0.4) is 0 Å².